The number of rotatable bonds is 10. The fourth-order valence-electron chi connectivity index (χ4n) is 1.83. The van der Waals surface area contributed by atoms with Gasteiger partial charge in [-0.2, -0.15) is 0 Å². The van der Waals surface area contributed by atoms with Crippen LogP contribution in [-0.4, -0.2) is 37.9 Å². The fraction of sp³-hybridized carbons (Fsp3) is 0.444. The molecule has 0 saturated heterocycles. The summed E-state index contributed by atoms with van der Waals surface area (Å²) in [6.07, 6.45) is -0.611. The molecule has 0 heterocycles. The average Bonchev–Trinajstić information content (AvgIpc) is 2.54. The molecule has 6 heteroatoms. The largest absolute Gasteiger partial charge is 0.494 e. The SMILES string of the molecule is C=C(C)C(=O)OCCC(OCC)C(=O)Oc1cccc(OCC)c1. The molecule has 1 aromatic rings. The van der Waals surface area contributed by atoms with Crippen LogP contribution in [0.1, 0.15) is 27.2 Å². The van der Waals surface area contributed by atoms with Gasteiger partial charge < -0.3 is 18.9 Å². The van der Waals surface area contributed by atoms with Crippen LogP contribution in [0.2, 0.25) is 0 Å². The van der Waals surface area contributed by atoms with E-state index in [1.165, 1.54) is 0 Å². The van der Waals surface area contributed by atoms with Crippen LogP contribution >= 0.6 is 0 Å². The van der Waals surface area contributed by atoms with E-state index in [9.17, 15) is 9.59 Å². The molecule has 1 aromatic carbocycles. The van der Waals surface area contributed by atoms with Crippen LogP contribution in [0, 0.1) is 0 Å². The molecule has 1 unspecified atom stereocenters. The summed E-state index contributed by atoms with van der Waals surface area (Å²) in [7, 11) is 0. The van der Waals surface area contributed by atoms with E-state index < -0.39 is 18.0 Å². The molecular weight excluding hydrogens is 312 g/mol. The minimum absolute atomic E-state index is 0.0461. The van der Waals surface area contributed by atoms with Crippen molar-refractivity contribution >= 4 is 11.9 Å². The highest BCUT2D eigenvalue weighted by Gasteiger charge is 2.22. The maximum Gasteiger partial charge on any atom is 0.340 e. The molecule has 0 bridgehead atoms. The maximum absolute atomic E-state index is 12.2. The van der Waals surface area contributed by atoms with Crippen LogP contribution in [0.25, 0.3) is 0 Å². The highest BCUT2D eigenvalue weighted by atomic mass is 16.6. The van der Waals surface area contributed by atoms with E-state index in [1.807, 2.05) is 6.92 Å². The Labute approximate surface area is 142 Å². The van der Waals surface area contributed by atoms with Crippen LogP contribution in [-0.2, 0) is 19.1 Å². The van der Waals surface area contributed by atoms with Gasteiger partial charge in [0.25, 0.3) is 0 Å². The summed E-state index contributed by atoms with van der Waals surface area (Å²) in [5.41, 5.74) is 0.304. The van der Waals surface area contributed by atoms with E-state index in [2.05, 4.69) is 6.58 Å². The second-order valence-electron chi connectivity index (χ2n) is 4.98. The Hall–Kier alpha value is -2.34. The monoisotopic (exact) mass is 336 g/mol. The third-order valence-corrected chi connectivity index (χ3v) is 2.93. The molecular formula is C18H24O6. The summed E-state index contributed by atoms with van der Waals surface area (Å²) in [5, 5.41) is 0. The summed E-state index contributed by atoms with van der Waals surface area (Å²) in [4.78, 5) is 23.6. The van der Waals surface area contributed by atoms with Crippen LogP contribution < -0.4 is 9.47 Å². The molecule has 0 spiro atoms. The third kappa shape index (κ3) is 6.83. The second kappa shape index (κ2) is 10.4. The first-order valence-electron chi connectivity index (χ1n) is 7.86. The Kier molecular flexibility index (Phi) is 8.57. The predicted molar refractivity (Wildman–Crippen MR) is 89.1 cm³/mol. The Morgan fingerprint density at radius 2 is 1.88 bits per heavy atom. The van der Waals surface area contributed by atoms with E-state index in [-0.39, 0.29) is 13.0 Å². The molecule has 0 amide bonds. The number of esters is 2. The molecule has 0 aliphatic carbocycles. The molecule has 0 aliphatic rings. The number of carbonyl (C=O) groups is 2. The molecule has 0 radical (unpaired) electrons. The van der Waals surface area contributed by atoms with Gasteiger partial charge in [0.15, 0.2) is 6.10 Å². The van der Waals surface area contributed by atoms with Crippen molar-refractivity contribution in [1.29, 1.82) is 0 Å². The number of hydrogen-bond donors (Lipinski definition) is 0. The highest BCUT2D eigenvalue weighted by Crippen LogP contribution is 2.20. The molecule has 0 aromatic heterocycles. The lowest BCUT2D eigenvalue weighted by atomic mass is 10.2. The van der Waals surface area contributed by atoms with Crippen LogP contribution in [0.15, 0.2) is 36.4 Å². The van der Waals surface area contributed by atoms with Crippen molar-refractivity contribution in [3.8, 4) is 11.5 Å². The normalized spacial score (nSPS) is 11.5. The van der Waals surface area contributed by atoms with Gasteiger partial charge in [0.2, 0.25) is 0 Å². The molecule has 0 aliphatic heterocycles. The van der Waals surface area contributed by atoms with Gasteiger partial charge in [0.05, 0.1) is 13.2 Å². The smallest absolute Gasteiger partial charge is 0.340 e. The number of benzene rings is 1. The molecule has 0 fully saturated rings. The predicted octanol–water partition coefficient (Wildman–Crippen LogP) is 2.91. The summed E-state index contributed by atoms with van der Waals surface area (Å²) < 4.78 is 21.0. The van der Waals surface area contributed by atoms with Crippen molar-refractivity contribution < 1.29 is 28.5 Å². The van der Waals surface area contributed by atoms with Gasteiger partial charge >= 0.3 is 11.9 Å². The lowest BCUT2D eigenvalue weighted by Gasteiger charge is -2.16. The van der Waals surface area contributed by atoms with E-state index in [4.69, 9.17) is 18.9 Å². The average molecular weight is 336 g/mol. The number of hydrogen-bond acceptors (Lipinski definition) is 6. The van der Waals surface area contributed by atoms with Crippen molar-refractivity contribution in [3.05, 3.63) is 36.4 Å². The van der Waals surface area contributed by atoms with Gasteiger partial charge in [-0.05, 0) is 32.9 Å². The van der Waals surface area contributed by atoms with Crippen molar-refractivity contribution in [2.24, 2.45) is 0 Å². The van der Waals surface area contributed by atoms with E-state index in [0.717, 1.165) is 0 Å². The van der Waals surface area contributed by atoms with E-state index in [0.29, 0.717) is 30.3 Å². The zero-order chi connectivity index (χ0) is 17.9. The number of carbonyl (C=O) groups excluding carboxylic acids is 2. The van der Waals surface area contributed by atoms with E-state index in [1.54, 1.807) is 38.1 Å². The van der Waals surface area contributed by atoms with Crippen molar-refractivity contribution in [1.82, 2.24) is 0 Å². The van der Waals surface area contributed by atoms with Gasteiger partial charge in [-0.1, -0.05) is 12.6 Å². The Morgan fingerprint density at radius 1 is 1.17 bits per heavy atom. The zero-order valence-corrected chi connectivity index (χ0v) is 14.4. The highest BCUT2D eigenvalue weighted by molar-refractivity contribution is 5.87. The summed E-state index contributed by atoms with van der Waals surface area (Å²) >= 11 is 0. The van der Waals surface area contributed by atoms with Crippen LogP contribution in [0.3, 0.4) is 0 Å². The van der Waals surface area contributed by atoms with Crippen molar-refractivity contribution in [2.75, 3.05) is 19.8 Å². The molecule has 0 N–H and O–H groups in total. The molecule has 1 rings (SSSR count). The molecule has 24 heavy (non-hydrogen) atoms. The molecule has 0 saturated carbocycles. The lowest BCUT2D eigenvalue weighted by Crippen LogP contribution is -2.30. The minimum Gasteiger partial charge on any atom is -0.494 e. The first-order chi connectivity index (χ1) is 11.5. The van der Waals surface area contributed by atoms with Gasteiger partial charge in [0, 0.05) is 24.7 Å². The summed E-state index contributed by atoms with van der Waals surface area (Å²) in [6.45, 7) is 9.60. The first-order valence-corrected chi connectivity index (χ1v) is 7.86. The summed E-state index contributed by atoms with van der Waals surface area (Å²) in [5.74, 6) is -0.0550. The summed E-state index contributed by atoms with van der Waals surface area (Å²) in [6, 6.07) is 6.80. The third-order valence-electron chi connectivity index (χ3n) is 2.93. The number of ether oxygens (including phenoxy) is 4. The zero-order valence-electron chi connectivity index (χ0n) is 14.4. The quantitative estimate of drug-likeness (QED) is 0.372. The Morgan fingerprint density at radius 3 is 2.50 bits per heavy atom. The van der Waals surface area contributed by atoms with Gasteiger partial charge in [-0.3, -0.25) is 0 Å². The van der Waals surface area contributed by atoms with Crippen molar-refractivity contribution in [2.45, 2.75) is 33.3 Å². The molecule has 6 nitrogen and oxygen atoms in total. The second-order valence-corrected chi connectivity index (χ2v) is 4.98. The topological polar surface area (TPSA) is 71.1 Å². The van der Waals surface area contributed by atoms with Gasteiger partial charge in [0.1, 0.15) is 11.5 Å². The lowest BCUT2D eigenvalue weighted by molar-refractivity contribution is -0.151. The molecule has 132 valence electrons. The van der Waals surface area contributed by atoms with Crippen molar-refractivity contribution in [3.63, 3.8) is 0 Å². The van der Waals surface area contributed by atoms with Gasteiger partial charge in [-0.25, -0.2) is 9.59 Å². The van der Waals surface area contributed by atoms with Gasteiger partial charge in [-0.15, -0.1) is 0 Å². The van der Waals surface area contributed by atoms with E-state index >= 15 is 0 Å². The Balaban J connectivity index is 2.60. The maximum atomic E-state index is 12.2. The fourth-order valence-corrected chi connectivity index (χ4v) is 1.83. The standard InChI is InChI=1S/C18H24O6/c1-5-21-14-8-7-9-15(12-14)24-18(20)16(22-6-2)10-11-23-17(19)13(3)4/h7-9,12,16H,3,5-6,10-11H2,1-2,4H3. The first kappa shape index (κ1) is 19.7. The minimum atomic E-state index is -0.816. The Bertz CT molecular complexity index is 566. The molecule has 1 atom stereocenters. The van der Waals surface area contributed by atoms with Crippen LogP contribution in [0.5, 0.6) is 11.5 Å². The van der Waals surface area contributed by atoms with Crippen LogP contribution in [0.4, 0.5) is 0 Å².